The summed E-state index contributed by atoms with van der Waals surface area (Å²) < 4.78 is 0. The zero-order valence-electron chi connectivity index (χ0n) is 24.9. The van der Waals surface area contributed by atoms with Gasteiger partial charge in [-0.3, -0.25) is 0 Å². The highest BCUT2D eigenvalue weighted by Crippen LogP contribution is 2.37. The fourth-order valence-corrected chi connectivity index (χ4v) is 6.58. The van der Waals surface area contributed by atoms with Crippen molar-refractivity contribution in [3.8, 4) is 45.3 Å². The second kappa shape index (κ2) is 10.8. The van der Waals surface area contributed by atoms with Gasteiger partial charge < -0.3 is 0 Å². The molecule has 1 aromatic heterocycles. The van der Waals surface area contributed by atoms with Crippen LogP contribution in [0.5, 0.6) is 0 Å². The molecule has 9 aromatic rings. The van der Waals surface area contributed by atoms with E-state index < -0.39 is 0 Å². The number of benzene rings is 8. The van der Waals surface area contributed by atoms with Crippen LogP contribution in [-0.4, -0.2) is 15.0 Å². The molecule has 0 fully saturated rings. The minimum absolute atomic E-state index is 0.656. The molecule has 46 heavy (non-hydrogen) atoms. The van der Waals surface area contributed by atoms with E-state index >= 15 is 0 Å². The van der Waals surface area contributed by atoms with Crippen LogP contribution in [0.15, 0.2) is 164 Å². The summed E-state index contributed by atoms with van der Waals surface area (Å²) in [5.74, 6) is 1.98. The molecule has 0 saturated carbocycles. The largest absolute Gasteiger partial charge is 0.208 e. The third-order valence-electron chi connectivity index (χ3n) is 8.90. The third kappa shape index (κ3) is 4.49. The molecule has 3 heteroatoms. The fraction of sp³-hybridized carbons (Fsp3) is 0. The molecule has 0 aliphatic heterocycles. The molecular weight excluding hydrogens is 558 g/mol. The first-order valence-corrected chi connectivity index (χ1v) is 15.5. The summed E-state index contributed by atoms with van der Waals surface area (Å²) in [6.45, 7) is 0. The standard InChI is InChI=1S/C43H27N3/c1-3-10-31(11-4-1)41-44-42(32-12-5-2-6-13-32)46-43(45-41)33-19-15-28(16-20-33)34-22-24-36-35(27-34)23-26-39-38(36)25-21-30-18-17-29-9-7-8-14-37(29)40(30)39/h1-27H. The van der Waals surface area contributed by atoms with Crippen molar-refractivity contribution in [3.63, 3.8) is 0 Å². The molecule has 0 radical (unpaired) electrons. The molecule has 8 aromatic carbocycles. The maximum absolute atomic E-state index is 4.89. The molecule has 1 heterocycles. The summed E-state index contributed by atoms with van der Waals surface area (Å²) in [5.41, 5.74) is 5.20. The van der Waals surface area contributed by atoms with E-state index in [2.05, 4.69) is 103 Å². The lowest BCUT2D eigenvalue weighted by Gasteiger charge is -2.12. The molecule has 0 amide bonds. The number of hydrogen-bond acceptors (Lipinski definition) is 3. The van der Waals surface area contributed by atoms with Gasteiger partial charge in [-0.1, -0.05) is 158 Å². The van der Waals surface area contributed by atoms with Crippen molar-refractivity contribution < 1.29 is 0 Å². The van der Waals surface area contributed by atoms with Crippen molar-refractivity contribution in [2.24, 2.45) is 0 Å². The number of rotatable bonds is 4. The first kappa shape index (κ1) is 26.2. The Hall–Kier alpha value is -6.19. The molecule has 0 unspecified atom stereocenters. The summed E-state index contributed by atoms with van der Waals surface area (Å²) in [5, 5.41) is 10.2. The number of fused-ring (bicyclic) bond motifs is 7. The van der Waals surface area contributed by atoms with Crippen molar-refractivity contribution in [2.45, 2.75) is 0 Å². The van der Waals surface area contributed by atoms with E-state index in [-0.39, 0.29) is 0 Å². The van der Waals surface area contributed by atoms with Crippen molar-refractivity contribution in [2.75, 3.05) is 0 Å². The van der Waals surface area contributed by atoms with E-state index in [1.807, 2.05) is 60.7 Å². The summed E-state index contributed by atoms with van der Waals surface area (Å²) in [4.78, 5) is 14.6. The molecule has 9 rings (SSSR count). The Morgan fingerprint density at radius 3 is 1.43 bits per heavy atom. The average molecular weight is 586 g/mol. The van der Waals surface area contributed by atoms with E-state index in [9.17, 15) is 0 Å². The summed E-state index contributed by atoms with van der Waals surface area (Å²) in [6.07, 6.45) is 0. The molecular formula is C43H27N3. The van der Waals surface area contributed by atoms with E-state index in [1.165, 1.54) is 48.7 Å². The molecule has 0 atom stereocenters. The van der Waals surface area contributed by atoms with Gasteiger partial charge in [0, 0.05) is 16.7 Å². The predicted octanol–water partition coefficient (Wildman–Crippen LogP) is 11.2. The normalized spacial score (nSPS) is 11.5. The van der Waals surface area contributed by atoms with Gasteiger partial charge in [-0.25, -0.2) is 15.0 Å². The summed E-state index contributed by atoms with van der Waals surface area (Å²) >= 11 is 0. The van der Waals surface area contributed by atoms with Crippen molar-refractivity contribution in [1.29, 1.82) is 0 Å². The van der Waals surface area contributed by atoms with E-state index in [0.717, 1.165) is 22.3 Å². The fourth-order valence-electron chi connectivity index (χ4n) is 6.58. The van der Waals surface area contributed by atoms with Crippen LogP contribution in [0.3, 0.4) is 0 Å². The predicted molar refractivity (Wildman–Crippen MR) is 192 cm³/mol. The molecule has 0 aliphatic carbocycles. The third-order valence-corrected chi connectivity index (χ3v) is 8.90. The summed E-state index contributed by atoms with van der Waals surface area (Å²) in [7, 11) is 0. The van der Waals surface area contributed by atoms with Crippen molar-refractivity contribution in [1.82, 2.24) is 15.0 Å². The number of hydrogen-bond donors (Lipinski definition) is 0. The lowest BCUT2D eigenvalue weighted by atomic mass is 9.92. The van der Waals surface area contributed by atoms with Crippen LogP contribution in [0, 0.1) is 0 Å². The Balaban J connectivity index is 1.11. The Morgan fingerprint density at radius 2 is 0.739 bits per heavy atom. The van der Waals surface area contributed by atoms with Gasteiger partial charge in [-0.2, -0.15) is 0 Å². The van der Waals surface area contributed by atoms with Crippen LogP contribution in [0.4, 0.5) is 0 Å². The van der Waals surface area contributed by atoms with Crippen LogP contribution in [0.25, 0.3) is 88.4 Å². The van der Waals surface area contributed by atoms with Crippen LogP contribution < -0.4 is 0 Å². The molecule has 0 saturated heterocycles. The zero-order valence-corrected chi connectivity index (χ0v) is 24.9. The zero-order chi connectivity index (χ0) is 30.5. The average Bonchev–Trinajstić information content (AvgIpc) is 3.14. The van der Waals surface area contributed by atoms with E-state index in [4.69, 9.17) is 15.0 Å². The Labute approximate surface area is 266 Å². The van der Waals surface area contributed by atoms with Crippen molar-refractivity contribution in [3.05, 3.63) is 164 Å². The minimum Gasteiger partial charge on any atom is -0.208 e. The molecule has 0 spiro atoms. The summed E-state index contributed by atoms with van der Waals surface area (Å²) in [6, 6.07) is 57.7. The van der Waals surface area contributed by atoms with Gasteiger partial charge in [0.05, 0.1) is 0 Å². The van der Waals surface area contributed by atoms with Gasteiger partial charge in [0.15, 0.2) is 17.5 Å². The number of nitrogens with zero attached hydrogens (tertiary/aromatic N) is 3. The SMILES string of the molecule is c1ccc(-c2nc(-c3ccccc3)nc(-c3ccc(-c4ccc5c(ccc6c5ccc5ccc7ccccc7c56)c4)cc3)n2)cc1. The van der Waals surface area contributed by atoms with Gasteiger partial charge in [0.25, 0.3) is 0 Å². The maximum atomic E-state index is 4.89. The van der Waals surface area contributed by atoms with Crippen molar-refractivity contribution >= 4 is 43.1 Å². The molecule has 3 nitrogen and oxygen atoms in total. The first-order valence-electron chi connectivity index (χ1n) is 15.5. The topological polar surface area (TPSA) is 38.7 Å². The highest BCUT2D eigenvalue weighted by molar-refractivity contribution is 6.24. The molecule has 214 valence electrons. The van der Waals surface area contributed by atoms with Gasteiger partial charge in [0.2, 0.25) is 0 Å². The van der Waals surface area contributed by atoms with E-state index in [1.54, 1.807) is 0 Å². The molecule has 0 N–H and O–H groups in total. The quantitative estimate of drug-likeness (QED) is 0.193. The Bertz CT molecular complexity index is 2500. The second-order valence-electron chi connectivity index (χ2n) is 11.7. The van der Waals surface area contributed by atoms with Gasteiger partial charge >= 0.3 is 0 Å². The highest BCUT2D eigenvalue weighted by Gasteiger charge is 2.13. The van der Waals surface area contributed by atoms with Crippen LogP contribution in [0.1, 0.15) is 0 Å². The van der Waals surface area contributed by atoms with Crippen LogP contribution in [0.2, 0.25) is 0 Å². The van der Waals surface area contributed by atoms with Gasteiger partial charge in [-0.05, 0) is 60.3 Å². The highest BCUT2D eigenvalue weighted by atomic mass is 15.0. The van der Waals surface area contributed by atoms with E-state index in [0.29, 0.717) is 17.5 Å². The van der Waals surface area contributed by atoms with Crippen LogP contribution in [-0.2, 0) is 0 Å². The lowest BCUT2D eigenvalue weighted by molar-refractivity contribution is 1.07. The second-order valence-corrected chi connectivity index (χ2v) is 11.7. The monoisotopic (exact) mass is 585 g/mol. The Morgan fingerprint density at radius 1 is 0.261 bits per heavy atom. The molecule has 0 aliphatic rings. The first-order chi connectivity index (χ1) is 22.8. The number of aromatic nitrogens is 3. The lowest BCUT2D eigenvalue weighted by Crippen LogP contribution is -2.00. The minimum atomic E-state index is 0.656. The van der Waals surface area contributed by atoms with Gasteiger partial charge in [-0.15, -0.1) is 0 Å². The maximum Gasteiger partial charge on any atom is 0.164 e. The smallest absolute Gasteiger partial charge is 0.164 e. The van der Waals surface area contributed by atoms with Gasteiger partial charge in [0.1, 0.15) is 0 Å². The van der Waals surface area contributed by atoms with Crippen LogP contribution >= 0.6 is 0 Å². The Kier molecular flexibility index (Phi) is 6.14. The molecule has 0 bridgehead atoms.